The minimum absolute atomic E-state index is 0.456. The lowest BCUT2D eigenvalue weighted by Crippen LogP contribution is -2.05. The monoisotopic (exact) mass is 430 g/mol. The summed E-state index contributed by atoms with van der Waals surface area (Å²) < 4.78 is 0. The number of para-hydroxylation sites is 4. The fourth-order valence-corrected chi connectivity index (χ4v) is 3.44. The van der Waals surface area contributed by atoms with Crippen molar-refractivity contribution >= 4 is 28.7 Å². The molecule has 160 valence electrons. The van der Waals surface area contributed by atoms with Crippen molar-refractivity contribution in [1.82, 2.24) is 15.0 Å². The first-order valence-electron chi connectivity index (χ1n) is 10.6. The largest absolute Gasteiger partial charge is 0.397 e. The second kappa shape index (κ2) is 9.20. The fourth-order valence-electron chi connectivity index (χ4n) is 3.44. The Kier molecular flexibility index (Phi) is 5.63. The quantitative estimate of drug-likeness (QED) is 0.275. The molecule has 0 unspecified atom stereocenters. The molecule has 33 heavy (non-hydrogen) atoms. The summed E-state index contributed by atoms with van der Waals surface area (Å²) in [6, 6.07) is 35.3. The molecule has 0 spiro atoms. The summed E-state index contributed by atoms with van der Waals surface area (Å²) in [7, 11) is 0. The Hall–Kier alpha value is -4.71. The Balaban J connectivity index is 1.54. The van der Waals surface area contributed by atoms with Crippen LogP contribution in [0, 0.1) is 0 Å². The van der Waals surface area contributed by atoms with Crippen molar-refractivity contribution < 1.29 is 0 Å². The Morgan fingerprint density at radius 2 is 0.909 bits per heavy atom. The number of nitrogens with one attached hydrogen (secondary N) is 2. The van der Waals surface area contributed by atoms with Gasteiger partial charge in [-0.3, -0.25) is 0 Å². The van der Waals surface area contributed by atoms with Crippen LogP contribution in [0.15, 0.2) is 109 Å². The lowest BCUT2D eigenvalue weighted by molar-refractivity contribution is 1.07. The zero-order chi connectivity index (χ0) is 22.5. The third kappa shape index (κ3) is 4.65. The van der Waals surface area contributed by atoms with Gasteiger partial charge in [0.15, 0.2) is 11.6 Å². The average Bonchev–Trinajstić information content (AvgIpc) is 2.87. The van der Waals surface area contributed by atoms with E-state index in [9.17, 15) is 0 Å². The molecule has 1 heterocycles. The highest BCUT2D eigenvalue weighted by atomic mass is 15.2. The van der Waals surface area contributed by atoms with E-state index in [0.717, 1.165) is 28.2 Å². The summed E-state index contributed by atoms with van der Waals surface area (Å²) in [6.07, 6.45) is 0. The van der Waals surface area contributed by atoms with Crippen LogP contribution in [0.25, 0.3) is 22.8 Å². The van der Waals surface area contributed by atoms with E-state index >= 15 is 0 Å². The van der Waals surface area contributed by atoms with Crippen LogP contribution >= 0.6 is 0 Å². The Labute approximate surface area is 192 Å². The number of nitrogens with two attached hydrogens (primary N) is 1. The average molecular weight is 431 g/mol. The van der Waals surface area contributed by atoms with Crippen LogP contribution in [-0.4, -0.2) is 15.0 Å². The number of rotatable bonds is 6. The van der Waals surface area contributed by atoms with Crippen molar-refractivity contribution in [2.75, 3.05) is 16.4 Å². The van der Waals surface area contributed by atoms with Crippen molar-refractivity contribution in [2.45, 2.75) is 0 Å². The lowest BCUT2D eigenvalue weighted by Gasteiger charge is -2.15. The first-order valence-corrected chi connectivity index (χ1v) is 10.6. The maximum absolute atomic E-state index is 6.12. The van der Waals surface area contributed by atoms with E-state index < -0.39 is 0 Å². The molecular weight excluding hydrogens is 408 g/mol. The SMILES string of the molecule is Nc1ccccc1Nc1ccccc1Nc1nc(-c2ccccc2)nc(-c2ccccc2)n1. The van der Waals surface area contributed by atoms with E-state index in [2.05, 4.69) is 10.6 Å². The van der Waals surface area contributed by atoms with Gasteiger partial charge in [-0.15, -0.1) is 0 Å². The second-order valence-corrected chi connectivity index (χ2v) is 7.42. The van der Waals surface area contributed by atoms with Crippen LogP contribution < -0.4 is 16.4 Å². The smallest absolute Gasteiger partial charge is 0.231 e. The number of nitrogens with zero attached hydrogens (tertiary/aromatic N) is 3. The van der Waals surface area contributed by atoms with Gasteiger partial charge in [0.2, 0.25) is 5.95 Å². The molecule has 0 bridgehead atoms. The van der Waals surface area contributed by atoms with Crippen molar-refractivity contribution in [3.8, 4) is 22.8 Å². The highest BCUT2D eigenvalue weighted by Crippen LogP contribution is 2.30. The first-order chi connectivity index (χ1) is 16.3. The van der Waals surface area contributed by atoms with Gasteiger partial charge in [-0.2, -0.15) is 9.97 Å². The molecule has 4 N–H and O–H groups in total. The number of nitrogen functional groups attached to an aromatic ring is 1. The third-order valence-corrected chi connectivity index (χ3v) is 5.10. The highest BCUT2D eigenvalue weighted by molar-refractivity contribution is 5.81. The van der Waals surface area contributed by atoms with Gasteiger partial charge in [0.05, 0.1) is 22.7 Å². The molecule has 0 aliphatic heterocycles. The van der Waals surface area contributed by atoms with Gasteiger partial charge in [0.25, 0.3) is 0 Å². The molecule has 0 aliphatic carbocycles. The standard InChI is InChI=1S/C27H22N6/c28-21-15-7-8-16-22(21)29-23-17-9-10-18-24(23)30-27-32-25(19-11-3-1-4-12-19)31-26(33-27)20-13-5-2-6-14-20/h1-18,29H,28H2,(H,30,31,32,33). The topological polar surface area (TPSA) is 88.8 Å². The van der Waals surface area contributed by atoms with Gasteiger partial charge in [-0.25, -0.2) is 4.98 Å². The predicted octanol–water partition coefficient (Wildman–Crippen LogP) is 6.28. The van der Waals surface area contributed by atoms with Gasteiger partial charge in [-0.05, 0) is 24.3 Å². The van der Waals surface area contributed by atoms with Crippen LogP contribution in [0.5, 0.6) is 0 Å². The molecule has 0 atom stereocenters. The van der Waals surface area contributed by atoms with Gasteiger partial charge < -0.3 is 16.4 Å². The zero-order valence-corrected chi connectivity index (χ0v) is 17.8. The molecular formula is C27H22N6. The van der Waals surface area contributed by atoms with E-state index in [1.54, 1.807) is 0 Å². The van der Waals surface area contributed by atoms with Crippen LogP contribution in [0.4, 0.5) is 28.7 Å². The van der Waals surface area contributed by atoms with Crippen LogP contribution in [0.2, 0.25) is 0 Å². The van der Waals surface area contributed by atoms with E-state index in [1.165, 1.54) is 0 Å². The molecule has 0 aliphatic rings. The Morgan fingerprint density at radius 3 is 1.45 bits per heavy atom. The molecule has 6 heteroatoms. The summed E-state index contributed by atoms with van der Waals surface area (Å²) in [5, 5.41) is 6.76. The number of hydrogen-bond donors (Lipinski definition) is 3. The lowest BCUT2D eigenvalue weighted by atomic mass is 10.2. The molecule has 1 aromatic heterocycles. The van der Waals surface area contributed by atoms with Gasteiger partial charge in [-0.1, -0.05) is 84.9 Å². The summed E-state index contributed by atoms with van der Waals surface area (Å²) in [5.41, 5.74) is 11.1. The van der Waals surface area contributed by atoms with Crippen molar-refractivity contribution in [2.24, 2.45) is 0 Å². The van der Waals surface area contributed by atoms with Gasteiger partial charge >= 0.3 is 0 Å². The fraction of sp³-hybridized carbons (Fsp3) is 0. The minimum Gasteiger partial charge on any atom is -0.397 e. The minimum atomic E-state index is 0.456. The third-order valence-electron chi connectivity index (χ3n) is 5.10. The molecule has 0 radical (unpaired) electrons. The molecule has 5 aromatic rings. The van der Waals surface area contributed by atoms with E-state index in [1.807, 2.05) is 109 Å². The maximum atomic E-state index is 6.12. The molecule has 0 fully saturated rings. The summed E-state index contributed by atoms with van der Waals surface area (Å²) in [6.45, 7) is 0. The number of anilines is 5. The maximum Gasteiger partial charge on any atom is 0.231 e. The predicted molar refractivity (Wildman–Crippen MR) is 135 cm³/mol. The van der Waals surface area contributed by atoms with Crippen LogP contribution in [0.1, 0.15) is 0 Å². The van der Waals surface area contributed by atoms with Gasteiger partial charge in [0.1, 0.15) is 0 Å². The molecule has 5 rings (SSSR count). The van der Waals surface area contributed by atoms with Crippen LogP contribution in [0.3, 0.4) is 0 Å². The Morgan fingerprint density at radius 1 is 0.455 bits per heavy atom. The second-order valence-electron chi connectivity index (χ2n) is 7.42. The molecule has 0 amide bonds. The summed E-state index contributed by atoms with van der Waals surface area (Å²) in [4.78, 5) is 14.1. The highest BCUT2D eigenvalue weighted by Gasteiger charge is 2.12. The summed E-state index contributed by atoms with van der Waals surface area (Å²) in [5.74, 6) is 1.66. The van der Waals surface area contributed by atoms with E-state index in [-0.39, 0.29) is 0 Å². The van der Waals surface area contributed by atoms with Crippen molar-refractivity contribution in [1.29, 1.82) is 0 Å². The number of benzene rings is 4. The summed E-state index contributed by atoms with van der Waals surface area (Å²) >= 11 is 0. The molecule has 0 saturated heterocycles. The number of aromatic nitrogens is 3. The molecule has 0 saturated carbocycles. The molecule has 4 aromatic carbocycles. The molecule has 6 nitrogen and oxygen atoms in total. The zero-order valence-electron chi connectivity index (χ0n) is 17.8. The van der Waals surface area contributed by atoms with Crippen molar-refractivity contribution in [3.05, 3.63) is 109 Å². The first kappa shape index (κ1) is 20.2. The number of hydrogen-bond acceptors (Lipinski definition) is 6. The Bertz CT molecular complexity index is 1310. The van der Waals surface area contributed by atoms with E-state index in [4.69, 9.17) is 20.7 Å². The normalized spacial score (nSPS) is 10.5. The van der Waals surface area contributed by atoms with Gasteiger partial charge in [0, 0.05) is 11.1 Å². The van der Waals surface area contributed by atoms with Crippen molar-refractivity contribution in [3.63, 3.8) is 0 Å². The van der Waals surface area contributed by atoms with Crippen LogP contribution in [-0.2, 0) is 0 Å². The van der Waals surface area contributed by atoms with E-state index in [0.29, 0.717) is 23.3 Å².